The molecule has 0 bridgehead atoms. The van der Waals surface area contributed by atoms with Crippen molar-refractivity contribution in [2.45, 2.75) is 12.5 Å². The van der Waals surface area contributed by atoms with Crippen molar-refractivity contribution in [1.82, 2.24) is 14.5 Å². The molecule has 0 radical (unpaired) electrons. The number of thioether (sulfide) groups is 1. The molecule has 1 atom stereocenters. The molecule has 1 aliphatic heterocycles. The van der Waals surface area contributed by atoms with Gasteiger partial charge in [-0.25, -0.2) is 9.97 Å². The summed E-state index contributed by atoms with van der Waals surface area (Å²) >= 11 is 1.97. The normalized spacial score (nSPS) is 21.2. The zero-order valence-corrected chi connectivity index (χ0v) is 9.07. The summed E-state index contributed by atoms with van der Waals surface area (Å²) in [6.45, 7) is 0. The number of nitrogens with zero attached hydrogens (tertiary/aromatic N) is 3. The summed E-state index contributed by atoms with van der Waals surface area (Å²) in [6, 6.07) is 4.31. The van der Waals surface area contributed by atoms with Gasteiger partial charge in [-0.15, -0.1) is 0 Å². The summed E-state index contributed by atoms with van der Waals surface area (Å²) in [4.78, 5) is 8.68. The first-order chi connectivity index (χ1) is 7.36. The van der Waals surface area contributed by atoms with Gasteiger partial charge in [0, 0.05) is 18.0 Å². The van der Waals surface area contributed by atoms with E-state index in [0.29, 0.717) is 12.0 Å². The first-order valence-electron chi connectivity index (χ1n) is 5.02. The Labute approximate surface area is 91.9 Å². The van der Waals surface area contributed by atoms with Crippen molar-refractivity contribution >= 4 is 28.9 Å². The summed E-state index contributed by atoms with van der Waals surface area (Å²) in [6.07, 6.45) is 2.96. The standard InChI is InChI=1S/C10H12N4S/c11-10-13-8-2-1-4-12-9(8)14(10)7-3-5-15-6-7/h1-2,4,7H,3,5-6H2,(H2,11,13). The molecule has 3 rings (SSSR count). The number of hydrogen-bond donors (Lipinski definition) is 1. The van der Waals surface area contributed by atoms with Crippen molar-refractivity contribution in [2.75, 3.05) is 17.2 Å². The fourth-order valence-electron chi connectivity index (χ4n) is 2.03. The minimum Gasteiger partial charge on any atom is -0.369 e. The molecule has 1 aliphatic rings. The highest BCUT2D eigenvalue weighted by atomic mass is 32.2. The van der Waals surface area contributed by atoms with Crippen LogP contribution in [0.15, 0.2) is 18.3 Å². The molecule has 1 saturated heterocycles. The van der Waals surface area contributed by atoms with Crippen LogP contribution < -0.4 is 5.73 Å². The Hall–Kier alpha value is -1.23. The first-order valence-corrected chi connectivity index (χ1v) is 6.18. The van der Waals surface area contributed by atoms with E-state index in [9.17, 15) is 0 Å². The van der Waals surface area contributed by atoms with Crippen LogP contribution in [0.5, 0.6) is 0 Å². The van der Waals surface area contributed by atoms with Crippen LogP contribution in [0.3, 0.4) is 0 Å². The van der Waals surface area contributed by atoms with Crippen LogP contribution in [0.1, 0.15) is 12.5 Å². The van der Waals surface area contributed by atoms with Gasteiger partial charge in [0.15, 0.2) is 5.65 Å². The maximum absolute atomic E-state index is 5.94. The lowest BCUT2D eigenvalue weighted by Gasteiger charge is -2.12. The van der Waals surface area contributed by atoms with Crippen LogP contribution in [0, 0.1) is 0 Å². The second-order valence-corrected chi connectivity index (χ2v) is 4.85. The lowest BCUT2D eigenvalue weighted by Crippen LogP contribution is -2.11. The Bertz CT molecular complexity index is 487. The summed E-state index contributed by atoms with van der Waals surface area (Å²) < 4.78 is 2.08. The monoisotopic (exact) mass is 220 g/mol. The Kier molecular flexibility index (Phi) is 2.05. The Morgan fingerprint density at radius 1 is 1.53 bits per heavy atom. The predicted molar refractivity (Wildman–Crippen MR) is 62.9 cm³/mol. The topological polar surface area (TPSA) is 56.7 Å². The molecule has 3 heterocycles. The Morgan fingerprint density at radius 2 is 2.47 bits per heavy atom. The molecular weight excluding hydrogens is 208 g/mol. The Morgan fingerprint density at radius 3 is 3.27 bits per heavy atom. The van der Waals surface area contributed by atoms with Crippen molar-refractivity contribution in [3.05, 3.63) is 18.3 Å². The predicted octanol–water partition coefficient (Wildman–Crippen LogP) is 1.69. The van der Waals surface area contributed by atoms with Crippen molar-refractivity contribution in [3.8, 4) is 0 Å². The number of imidazole rings is 1. The van der Waals surface area contributed by atoms with E-state index in [2.05, 4.69) is 14.5 Å². The fourth-order valence-corrected chi connectivity index (χ4v) is 3.23. The first kappa shape index (κ1) is 9.03. The molecule has 0 aromatic carbocycles. The maximum Gasteiger partial charge on any atom is 0.202 e. The molecule has 1 unspecified atom stereocenters. The average Bonchev–Trinajstić information content (AvgIpc) is 2.82. The van der Waals surface area contributed by atoms with E-state index in [4.69, 9.17) is 5.73 Å². The van der Waals surface area contributed by atoms with Crippen LogP contribution in [0.25, 0.3) is 11.2 Å². The van der Waals surface area contributed by atoms with Gasteiger partial charge in [0.2, 0.25) is 5.95 Å². The quantitative estimate of drug-likeness (QED) is 0.794. The van der Waals surface area contributed by atoms with E-state index in [0.717, 1.165) is 23.3 Å². The molecule has 0 amide bonds. The number of aromatic nitrogens is 3. The van der Waals surface area contributed by atoms with E-state index in [1.54, 1.807) is 6.20 Å². The van der Waals surface area contributed by atoms with Crippen LogP contribution >= 0.6 is 11.8 Å². The number of hydrogen-bond acceptors (Lipinski definition) is 4. The van der Waals surface area contributed by atoms with E-state index in [1.165, 1.54) is 5.75 Å². The number of nitrogens with two attached hydrogens (primary N) is 1. The van der Waals surface area contributed by atoms with Gasteiger partial charge in [-0.05, 0) is 24.3 Å². The minimum absolute atomic E-state index is 0.467. The highest BCUT2D eigenvalue weighted by Crippen LogP contribution is 2.32. The molecule has 78 valence electrons. The molecule has 0 saturated carbocycles. The van der Waals surface area contributed by atoms with Crippen LogP contribution in [-0.4, -0.2) is 26.0 Å². The van der Waals surface area contributed by atoms with Crippen molar-refractivity contribution < 1.29 is 0 Å². The van der Waals surface area contributed by atoms with Gasteiger partial charge in [-0.2, -0.15) is 11.8 Å². The van der Waals surface area contributed by atoms with Crippen molar-refractivity contribution in [2.24, 2.45) is 0 Å². The largest absolute Gasteiger partial charge is 0.369 e. The SMILES string of the molecule is Nc1nc2cccnc2n1C1CCSC1. The second-order valence-electron chi connectivity index (χ2n) is 3.70. The lowest BCUT2D eigenvalue weighted by molar-refractivity contribution is 0.579. The summed E-state index contributed by atoms with van der Waals surface area (Å²) in [5.74, 6) is 2.92. The minimum atomic E-state index is 0.467. The number of pyridine rings is 1. The lowest BCUT2D eigenvalue weighted by atomic mass is 10.2. The van der Waals surface area contributed by atoms with Gasteiger partial charge >= 0.3 is 0 Å². The zero-order valence-electron chi connectivity index (χ0n) is 8.26. The van der Waals surface area contributed by atoms with Gasteiger partial charge in [-0.1, -0.05) is 0 Å². The third kappa shape index (κ3) is 1.38. The highest BCUT2D eigenvalue weighted by Gasteiger charge is 2.22. The molecule has 1 fully saturated rings. The highest BCUT2D eigenvalue weighted by molar-refractivity contribution is 7.99. The van der Waals surface area contributed by atoms with E-state index >= 15 is 0 Å². The smallest absolute Gasteiger partial charge is 0.202 e. The van der Waals surface area contributed by atoms with E-state index in [-0.39, 0.29) is 0 Å². The molecular formula is C10H12N4S. The average molecular weight is 220 g/mol. The van der Waals surface area contributed by atoms with Gasteiger partial charge in [-0.3, -0.25) is 4.57 Å². The van der Waals surface area contributed by atoms with Gasteiger partial charge < -0.3 is 5.73 Å². The molecule has 2 aromatic heterocycles. The fraction of sp³-hybridized carbons (Fsp3) is 0.400. The van der Waals surface area contributed by atoms with Crippen LogP contribution in [-0.2, 0) is 0 Å². The van der Waals surface area contributed by atoms with Crippen LogP contribution in [0.2, 0.25) is 0 Å². The zero-order chi connectivity index (χ0) is 10.3. The van der Waals surface area contributed by atoms with E-state index < -0.39 is 0 Å². The summed E-state index contributed by atoms with van der Waals surface area (Å²) in [5.41, 5.74) is 7.75. The van der Waals surface area contributed by atoms with Crippen molar-refractivity contribution in [1.29, 1.82) is 0 Å². The number of nitrogen functional groups attached to an aromatic ring is 1. The molecule has 2 aromatic rings. The summed E-state index contributed by atoms with van der Waals surface area (Å²) in [5, 5.41) is 0. The third-order valence-corrected chi connectivity index (χ3v) is 3.89. The second kappa shape index (κ2) is 3.41. The molecule has 0 spiro atoms. The molecule has 2 N–H and O–H groups in total. The third-order valence-electron chi connectivity index (χ3n) is 2.75. The van der Waals surface area contributed by atoms with Gasteiger partial charge in [0.1, 0.15) is 5.52 Å². The molecule has 0 aliphatic carbocycles. The molecule has 4 nitrogen and oxygen atoms in total. The number of rotatable bonds is 1. The Balaban J connectivity index is 2.19. The van der Waals surface area contributed by atoms with Crippen molar-refractivity contribution in [3.63, 3.8) is 0 Å². The summed E-state index contributed by atoms with van der Waals surface area (Å²) in [7, 11) is 0. The number of anilines is 1. The molecule has 15 heavy (non-hydrogen) atoms. The van der Waals surface area contributed by atoms with Crippen LogP contribution in [0.4, 0.5) is 5.95 Å². The molecule has 5 heteroatoms. The maximum atomic E-state index is 5.94. The van der Waals surface area contributed by atoms with Gasteiger partial charge in [0.05, 0.1) is 0 Å². The van der Waals surface area contributed by atoms with E-state index in [1.807, 2.05) is 23.9 Å². The van der Waals surface area contributed by atoms with Gasteiger partial charge in [0.25, 0.3) is 0 Å². The number of fused-ring (bicyclic) bond motifs is 1.